The van der Waals surface area contributed by atoms with Crippen molar-refractivity contribution >= 4 is 17.7 Å². The van der Waals surface area contributed by atoms with Crippen molar-refractivity contribution in [2.45, 2.75) is 25.6 Å². The number of hydrogen-bond acceptors (Lipinski definition) is 4. The molecule has 0 saturated heterocycles. The number of aromatic nitrogens is 2. The molecular weight excluding hydrogens is 296 g/mol. The van der Waals surface area contributed by atoms with Crippen molar-refractivity contribution in [1.82, 2.24) is 14.9 Å². The monoisotopic (exact) mass is 318 g/mol. The summed E-state index contributed by atoms with van der Waals surface area (Å²) in [5.41, 5.74) is 8.14. The van der Waals surface area contributed by atoms with Crippen LogP contribution in [0.1, 0.15) is 17.5 Å². The van der Waals surface area contributed by atoms with Gasteiger partial charge in [0.25, 0.3) is 0 Å². The molecule has 1 aromatic carbocycles. The summed E-state index contributed by atoms with van der Waals surface area (Å²) >= 11 is 1.70. The van der Waals surface area contributed by atoms with Gasteiger partial charge < -0.3 is 15.6 Å². The number of amides is 1. The molecule has 0 bridgehead atoms. The molecule has 0 spiro atoms. The number of benzene rings is 1. The summed E-state index contributed by atoms with van der Waals surface area (Å²) < 4.78 is 2.00. The van der Waals surface area contributed by atoms with Crippen LogP contribution < -0.4 is 11.1 Å². The minimum atomic E-state index is -0.437. The summed E-state index contributed by atoms with van der Waals surface area (Å²) in [5.74, 6) is 0.803. The lowest BCUT2D eigenvalue weighted by Gasteiger charge is -2.14. The van der Waals surface area contributed by atoms with Crippen LogP contribution in [0.3, 0.4) is 0 Å². The SMILES string of the molecule is CSCC[C@H](N)C(=O)NCc1ccccc1Cn1ccnc1. The fourth-order valence-electron chi connectivity index (χ4n) is 2.15. The highest BCUT2D eigenvalue weighted by atomic mass is 32.2. The lowest BCUT2D eigenvalue weighted by Crippen LogP contribution is -2.40. The quantitative estimate of drug-likeness (QED) is 0.776. The van der Waals surface area contributed by atoms with Gasteiger partial charge in [-0.25, -0.2) is 4.98 Å². The van der Waals surface area contributed by atoms with Crippen molar-refractivity contribution in [2.75, 3.05) is 12.0 Å². The number of carbonyl (C=O) groups excluding carboxylic acids is 1. The Morgan fingerprint density at radius 1 is 1.41 bits per heavy atom. The maximum atomic E-state index is 12.0. The Balaban J connectivity index is 1.93. The summed E-state index contributed by atoms with van der Waals surface area (Å²) in [5, 5.41) is 2.93. The van der Waals surface area contributed by atoms with Gasteiger partial charge in [-0.2, -0.15) is 11.8 Å². The summed E-state index contributed by atoms with van der Waals surface area (Å²) in [7, 11) is 0. The molecule has 1 atom stereocenters. The van der Waals surface area contributed by atoms with E-state index in [0.717, 1.165) is 17.9 Å². The van der Waals surface area contributed by atoms with E-state index >= 15 is 0 Å². The molecular formula is C16H22N4OS. The predicted octanol–water partition coefficient (Wildman–Crippen LogP) is 1.63. The van der Waals surface area contributed by atoms with Crippen LogP contribution in [0.4, 0.5) is 0 Å². The first kappa shape index (κ1) is 16.6. The maximum Gasteiger partial charge on any atom is 0.237 e. The van der Waals surface area contributed by atoms with Crippen LogP contribution in [-0.2, 0) is 17.9 Å². The second-order valence-corrected chi connectivity index (χ2v) is 6.10. The van der Waals surface area contributed by atoms with E-state index in [9.17, 15) is 4.79 Å². The minimum Gasteiger partial charge on any atom is -0.351 e. The average Bonchev–Trinajstić information content (AvgIpc) is 3.04. The Morgan fingerprint density at radius 2 is 2.18 bits per heavy atom. The Labute approximate surface area is 135 Å². The van der Waals surface area contributed by atoms with E-state index in [1.54, 1.807) is 24.3 Å². The Bertz CT molecular complexity index is 586. The van der Waals surface area contributed by atoms with Gasteiger partial charge in [0.15, 0.2) is 0 Å². The molecule has 1 amide bonds. The van der Waals surface area contributed by atoms with Gasteiger partial charge in [0.05, 0.1) is 12.4 Å². The van der Waals surface area contributed by atoms with Gasteiger partial charge >= 0.3 is 0 Å². The number of nitrogens with zero attached hydrogens (tertiary/aromatic N) is 2. The van der Waals surface area contributed by atoms with Gasteiger partial charge in [0.2, 0.25) is 5.91 Å². The normalized spacial score (nSPS) is 12.1. The molecule has 0 radical (unpaired) electrons. The molecule has 2 rings (SSSR count). The van der Waals surface area contributed by atoms with Crippen molar-refractivity contribution in [3.63, 3.8) is 0 Å². The molecule has 1 aromatic heterocycles. The fourth-order valence-corrected chi connectivity index (χ4v) is 2.64. The van der Waals surface area contributed by atoms with Gasteiger partial charge in [-0.05, 0) is 29.6 Å². The molecule has 0 unspecified atom stereocenters. The van der Waals surface area contributed by atoms with Crippen molar-refractivity contribution in [2.24, 2.45) is 5.73 Å². The van der Waals surface area contributed by atoms with Crippen molar-refractivity contribution in [1.29, 1.82) is 0 Å². The number of nitrogens with two attached hydrogens (primary N) is 1. The number of thioether (sulfide) groups is 1. The first-order valence-electron chi connectivity index (χ1n) is 7.25. The standard InChI is InChI=1S/C16H22N4OS/c1-22-9-6-15(17)16(21)19-10-13-4-2-3-5-14(13)11-20-8-7-18-12-20/h2-5,7-8,12,15H,6,9-11,17H2,1H3,(H,19,21)/t15-/m0/s1. The van der Waals surface area contributed by atoms with E-state index in [1.165, 1.54) is 5.56 Å². The number of carbonyl (C=O) groups is 1. The third-order valence-electron chi connectivity index (χ3n) is 3.45. The lowest BCUT2D eigenvalue weighted by atomic mass is 10.1. The molecule has 0 fully saturated rings. The lowest BCUT2D eigenvalue weighted by molar-refractivity contribution is -0.122. The average molecular weight is 318 g/mol. The number of rotatable bonds is 8. The Morgan fingerprint density at radius 3 is 2.86 bits per heavy atom. The Hall–Kier alpha value is -1.79. The smallest absolute Gasteiger partial charge is 0.237 e. The van der Waals surface area contributed by atoms with E-state index < -0.39 is 6.04 Å². The van der Waals surface area contributed by atoms with Crippen molar-refractivity contribution in [3.8, 4) is 0 Å². The van der Waals surface area contributed by atoms with Crippen molar-refractivity contribution in [3.05, 3.63) is 54.1 Å². The van der Waals surface area contributed by atoms with E-state index in [1.807, 2.05) is 35.2 Å². The molecule has 0 aliphatic rings. The highest BCUT2D eigenvalue weighted by Crippen LogP contribution is 2.10. The highest BCUT2D eigenvalue weighted by Gasteiger charge is 2.13. The molecule has 1 heterocycles. The van der Waals surface area contributed by atoms with Crippen LogP contribution in [0.15, 0.2) is 43.0 Å². The van der Waals surface area contributed by atoms with E-state index in [-0.39, 0.29) is 5.91 Å². The molecule has 2 aromatic rings. The van der Waals surface area contributed by atoms with E-state index in [0.29, 0.717) is 13.0 Å². The summed E-state index contributed by atoms with van der Waals surface area (Å²) in [6, 6.07) is 7.64. The van der Waals surface area contributed by atoms with E-state index in [2.05, 4.69) is 16.4 Å². The van der Waals surface area contributed by atoms with E-state index in [4.69, 9.17) is 5.73 Å². The topological polar surface area (TPSA) is 72.9 Å². The zero-order valence-electron chi connectivity index (χ0n) is 12.7. The molecule has 0 saturated carbocycles. The van der Waals surface area contributed by atoms with Crippen LogP contribution in [0.25, 0.3) is 0 Å². The number of nitrogens with one attached hydrogen (secondary N) is 1. The second-order valence-electron chi connectivity index (χ2n) is 5.11. The largest absolute Gasteiger partial charge is 0.351 e. The van der Waals surface area contributed by atoms with Gasteiger partial charge in [-0.15, -0.1) is 0 Å². The van der Waals surface area contributed by atoms with Gasteiger partial charge in [0, 0.05) is 25.5 Å². The zero-order valence-corrected chi connectivity index (χ0v) is 13.6. The molecule has 118 valence electrons. The van der Waals surface area contributed by atoms with Gasteiger partial charge in [-0.3, -0.25) is 4.79 Å². The van der Waals surface area contributed by atoms with Gasteiger partial charge in [0.1, 0.15) is 0 Å². The van der Waals surface area contributed by atoms with Crippen LogP contribution in [0.5, 0.6) is 0 Å². The summed E-state index contributed by atoms with van der Waals surface area (Å²) in [6.45, 7) is 1.24. The predicted molar refractivity (Wildman–Crippen MR) is 90.6 cm³/mol. The van der Waals surface area contributed by atoms with Crippen LogP contribution in [0.2, 0.25) is 0 Å². The van der Waals surface area contributed by atoms with Gasteiger partial charge in [-0.1, -0.05) is 24.3 Å². The molecule has 5 nitrogen and oxygen atoms in total. The third kappa shape index (κ3) is 4.89. The second kappa shape index (κ2) is 8.60. The highest BCUT2D eigenvalue weighted by molar-refractivity contribution is 7.98. The number of hydrogen-bond donors (Lipinski definition) is 2. The van der Waals surface area contributed by atoms with Crippen LogP contribution in [0, 0.1) is 0 Å². The summed E-state index contributed by atoms with van der Waals surface area (Å²) in [4.78, 5) is 16.0. The maximum absolute atomic E-state index is 12.0. The minimum absolute atomic E-state index is 0.0912. The van der Waals surface area contributed by atoms with Crippen LogP contribution >= 0.6 is 11.8 Å². The molecule has 3 N–H and O–H groups in total. The first-order valence-corrected chi connectivity index (χ1v) is 8.65. The molecule has 6 heteroatoms. The summed E-state index contributed by atoms with van der Waals surface area (Å²) in [6.07, 6.45) is 8.18. The molecule has 22 heavy (non-hydrogen) atoms. The van der Waals surface area contributed by atoms with Crippen LogP contribution in [-0.4, -0.2) is 33.5 Å². The fraction of sp³-hybridized carbons (Fsp3) is 0.375. The first-order chi connectivity index (χ1) is 10.7. The van der Waals surface area contributed by atoms with Crippen molar-refractivity contribution < 1.29 is 4.79 Å². The third-order valence-corrected chi connectivity index (χ3v) is 4.10. The molecule has 0 aliphatic heterocycles. The zero-order chi connectivity index (χ0) is 15.8. The Kier molecular flexibility index (Phi) is 6.48. The number of imidazole rings is 1. The molecule has 0 aliphatic carbocycles.